The van der Waals surface area contributed by atoms with Gasteiger partial charge in [0.05, 0.1) is 6.61 Å². The van der Waals surface area contributed by atoms with Gasteiger partial charge < -0.3 is 15.0 Å². The van der Waals surface area contributed by atoms with E-state index in [1.54, 1.807) is 31.5 Å². The highest BCUT2D eigenvalue weighted by Crippen LogP contribution is 2.23. The normalized spacial score (nSPS) is 21.5. The molecule has 4 N–H and O–H groups in total. The number of amides is 1. The molecule has 0 spiro atoms. The van der Waals surface area contributed by atoms with Gasteiger partial charge in [0.1, 0.15) is 17.8 Å². The molecule has 1 aromatic heterocycles. The number of hydrazine groups is 1. The summed E-state index contributed by atoms with van der Waals surface area (Å²) in [6.45, 7) is 4.31. The number of aromatic nitrogens is 1. The molecule has 2 aliphatic heterocycles. The number of ether oxygens (including phenoxy) is 1. The van der Waals surface area contributed by atoms with E-state index in [-0.39, 0.29) is 30.0 Å². The number of hydrogen-bond donors (Lipinski definition) is 4. The number of nitrogens with one attached hydrogen (secondary N) is 4. The van der Waals surface area contributed by atoms with E-state index in [1.807, 2.05) is 13.0 Å². The van der Waals surface area contributed by atoms with E-state index in [9.17, 15) is 9.18 Å². The maximum atomic E-state index is 13.3. The third-order valence-electron chi connectivity index (χ3n) is 5.91. The predicted octanol–water partition coefficient (Wildman–Crippen LogP) is 2.10. The van der Waals surface area contributed by atoms with Gasteiger partial charge in [0.15, 0.2) is 5.96 Å². The Labute approximate surface area is 199 Å². The molecular weight excluding hydrogens is 437 g/mol. The average Bonchev–Trinajstić information content (AvgIpc) is 3.52. The van der Waals surface area contributed by atoms with Gasteiger partial charge in [0.2, 0.25) is 0 Å². The second-order valence-electron chi connectivity index (χ2n) is 8.67. The Morgan fingerprint density at radius 1 is 1.26 bits per heavy atom. The fourth-order valence-corrected chi connectivity index (χ4v) is 4.18. The number of carbonyl (C=O) groups excluding carboxylic acids is 1. The van der Waals surface area contributed by atoms with Crippen LogP contribution in [0.2, 0.25) is 0 Å². The zero-order chi connectivity index (χ0) is 23.9. The van der Waals surface area contributed by atoms with Gasteiger partial charge in [-0.05, 0) is 49.6 Å². The molecule has 10 heteroatoms. The number of halogens is 1. The third kappa shape index (κ3) is 6.28. The maximum Gasteiger partial charge on any atom is 0.258 e. The van der Waals surface area contributed by atoms with Crippen LogP contribution in [0.25, 0.3) is 0 Å². The molecule has 9 nitrogen and oxygen atoms in total. The highest BCUT2D eigenvalue weighted by atomic mass is 19.1. The lowest BCUT2D eigenvalue weighted by Crippen LogP contribution is -2.47. The van der Waals surface area contributed by atoms with E-state index in [0.717, 1.165) is 37.3 Å². The molecule has 0 aliphatic carbocycles. The summed E-state index contributed by atoms with van der Waals surface area (Å²) in [6.07, 6.45) is 4.29. The first-order valence-electron chi connectivity index (χ1n) is 11.6. The van der Waals surface area contributed by atoms with Gasteiger partial charge in [-0.2, -0.15) is 0 Å². The van der Waals surface area contributed by atoms with Gasteiger partial charge in [-0.3, -0.25) is 10.1 Å². The Hall–Kier alpha value is -3.08. The van der Waals surface area contributed by atoms with Crippen molar-refractivity contribution < 1.29 is 13.9 Å². The van der Waals surface area contributed by atoms with Crippen molar-refractivity contribution in [2.24, 2.45) is 4.99 Å². The Bertz CT molecular complexity index is 995. The number of benzene rings is 1. The second kappa shape index (κ2) is 11.4. The molecule has 1 aromatic carbocycles. The SMILES string of the molecule is COC[C@H](C)NC(=NC1CC(c2ccc(F)cc2)NN1)NC(=O)c1ccnc(N2CCCC2)c1. The summed E-state index contributed by atoms with van der Waals surface area (Å²) in [4.78, 5) is 24.4. The lowest BCUT2D eigenvalue weighted by molar-refractivity contribution is 0.0974. The van der Waals surface area contributed by atoms with E-state index in [2.05, 4.69) is 31.4 Å². The predicted molar refractivity (Wildman–Crippen MR) is 129 cm³/mol. The first-order chi connectivity index (χ1) is 16.5. The van der Waals surface area contributed by atoms with Crippen LogP contribution in [0.3, 0.4) is 0 Å². The molecule has 2 fully saturated rings. The lowest BCUT2D eigenvalue weighted by atomic mass is 10.0. The van der Waals surface area contributed by atoms with Crippen molar-refractivity contribution in [1.82, 2.24) is 26.5 Å². The molecule has 2 aliphatic rings. The second-order valence-corrected chi connectivity index (χ2v) is 8.67. The quantitative estimate of drug-likeness (QED) is 0.364. The van der Waals surface area contributed by atoms with Crippen LogP contribution in [0.15, 0.2) is 47.6 Å². The summed E-state index contributed by atoms with van der Waals surface area (Å²) in [5.74, 6) is 0.635. The minimum atomic E-state index is -0.287. The van der Waals surface area contributed by atoms with Gasteiger partial charge in [-0.15, -0.1) is 0 Å². The van der Waals surface area contributed by atoms with Crippen LogP contribution in [-0.4, -0.2) is 55.9 Å². The zero-order valence-corrected chi connectivity index (χ0v) is 19.6. The van der Waals surface area contributed by atoms with Gasteiger partial charge in [0.25, 0.3) is 5.91 Å². The number of carbonyl (C=O) groups is 1. The number of hydrogen-bond acceptors (Lipinski definition) is 7. The van der Waals surface area contributed by atoms with Gasteiger partial charge in [-0.1, -0.05) is 12.1 Å². The van der Waals surface area contributed by atoms with Crippen molar-refractivity contribution in [3.63, 3.8) is 0 Å². The van der Waals surface area contributed by atoms with Gasteiger partial charge in [0, 0.05) is 50.5 Å². The van der Waals surface area contributed by atoms with E-state index in [4.69, 9.17) is 9.73 Å². The van der Waals surface area contributed by atoms with Crippen LogP contribution in [0.1, 0.15) is 48.1 Å². The van der Waals surface area contributed by atoms with Crippen molar-refractivity contribution in [2.45, 2.75) is 44.4 Å². The van der Waals surface area contributed by atoms with E-state index >= 15 is 0 Å². The molecule has 0 bridgehead atoms. The Balaban J connectivity index is 1.46. The number of guanidine groups is 1. The Kier molecular flexibility index (Phi) is 8.04. The minimum absolute atomic E-state index is 0.0223. The highest BCUT2D eigenvalue weighted by Gasteiger charge is 2.26. The molecule has 2 aromatic rings. The minimum Gasteiger partial charge on any atom is -0.383 e. The van der Waals surface area contributed by atoms with Crippen LogP contribution in [-0.2, 0) is 4.74 Å². The molecule has 0 saturated carbocycles. The molecule has 3 heterocycles. The smallest absolute Gasteiger partial charge is 0.258 e. The molecule has 2 saturated heterocycles. The van der Waals surface area contributed by atoms with E-state index in [1.165, 1.54) is 12.1 Å². The standard InChI is InChI=1S/C24H32FN7O2/c1-16(15-34-2)27-24(28-21-14-20(30-31-21)17-5-7-19(25)8-6-17)29-23(33)18-9-10-26-22(13-18)32-11-3-4-12-32/h5-10,13,16,20-21,30-31H,3-4,11-12,14-15H2,1-2H3,(H2,27,28,29,33)/t16-,20?,21?/m0/s1. The topological polar surface area (TPSA) is 103 Å². The average molecular weight is 470 g/mol. The van der Waals surface area contributed by atoms with Crippen molar-refractivity contribution in [3.05, 3.63) is 59.5 Å². The number of nitrogens with zero attached hydrogens (tertiary/aromatic N) is 3. The zero-order valence-electron chi connectivity index (χ0n) is 19.6. The number of aliphatic imine (C=N–C) groups is 1. The van der Waals surface area contributed by atoms with Crippen molar-refractivity contribution in [1.29, 1.82) is 0 Å². The summed E-state index contributed by atoms with van der Waals surface area (Å²) >= 11 is 0. The molecule has 182 valence electrons. The fraction of sp³-hybridized carbons (Fsp3) is 0.458. The van der Waals surface area contributed by atoms with Crippen molar-refractivity contribution in [2.75, 3.05) is 31.7 Å². The number of pyridine rings is 1. The number of methoxy groups -OCH3 is 1. The summed E-state index contributed by atoms with van der Waals surface area (Å²) in [7, 11) is 1.63. The van der Waals surface area contributed by atoms with E-state index in [0.29, 0.717) is 24.6 Å². The molecule has 4 rings (SSSR count). The van der Waals surface area contributed by atoms with Crippen LogP contribution < -0.4 is 26.4 Å². The molecule has 2 unspecified atom stereocenters. The van der Waals surface area contributed by atoms with E-state index < -0.39 is 0 Å². The molecular formula is C24H32FN7O2. The first-order valence-corrected chi connectivity index (χ1v) is 11.6. The molecule has 1 amide bonds. The molecule has 3 atom stereocenters. The largest absolute Gasteiger partial charge is 0.383 e. The fourth-order valence-electron chi connectivity index (χ4n) is 4.18. The molecule has 34 heavy (non-hydrogen) atoms. The van der Waals surface area contributed by atoms with Gasteiger partial charge in [-0.25, -0.2) is 25.2 Å². The summed E-state index contributed by atoms with van der Waals surface area (Å²) < 4.78 is 18.5. The number of rotatable bonds is 7. The Morgan fingerprint density at radius 3 is 2.76 bits per heavy atom. The Morgan fingerprint density at radius 2 is 2.03 bits per heavy atom. The third-order valence-corrected chi connectivity index (χ3v) is 5.91. The summed E-state index contributed by atoms with van der Waals surface area (Å²) in [6, 6.07) is 9.82. The van der Waals surface area contributed by atoms with Crippen molar-refractivity contribution in [3.8, 4) is 0 Å². The highest BCUT2D eigenvalue weighted by molar-refractivity contribution is 6.06. The van der Waals surface area contributed by atoms with Gasteiger partial charge >= 0.3 is 0 Å². The van der Waals surface area contributed by atoms with Crippen LogP contribution in [0.5, 0.6) is 0 Å². The van der Waals surface area contributed by atoms with Crippen molar-refractivity contribution >= 4 is 17.7 Å². The summed E-state index contributed by atoms with van der Waals surface area (Å²) in [5, 5.41) is 6.14. The lowest BCUT2D eigenvalue weighted by Gasteiger charge is -2.19. The number of anilines is 1. The van der Waals surface area contributed by atoms with Crippen LogP contribution in [0.4, 0.5) is 10.2 Å². The van der Waals surface area contributed by atoms with Crippen LogP contribution in [0, 0.1) is 5.82 Å². The summed E-state index contributed by atoms with van der Waals surface area (Å²) in [5.41, 5.74) is 7.82. The molecule has 0 radical (unpaired) electrons. The van der Waals surface area contributed by atoms with Crippen LogP contribution >= 0.6 is 0 Å². The monoisotopic (exact) mass is 469 g/mol. The maximum absolute atomic E-state index is 13.3. The first kappa shape index (κ1) is 24.1.